The second-order valence-corrected chi connectivity index (χ2v) is 9.91. The summed E-state index contributed by atoms with van der Waals surface area (Å²) in [6.45, 7) is 1.06. The Morgan fingerprint density at radius 2 is 1.82 bits per heavy atom. The first kappa shape index (κ1) is 26.6. The number of benzene rings is 3. The van der Waals surface area contributed by atoms with E-state index in [4.69, 9.17) is 21.1 Å². The molecule has 39 heavy (non-hydrogen) atoms. The van der Waals surface area contributed by atoms with Crippen molar-refractivity contribution >= 4 is 35.2 Å². The van der Waals surface area contributed by atoms with E-state index >= 15 is 0 Å². The monoisotopic (exact) mass is 551 g/mol. The van der Waals surface area contributed by atoms with Crippen LogP contribution in [0, 0.1) is 5.82 Å². The van der Waals surface area contributed by atoms with Gasteiger partial charge in [-0.2, -0.15) is 0 Å². The first-order valence-electron chi connectivity index (χ1n) is 12.7. The first-order chi connectivity index (χ1) is 18.9. The van der Waals surface area contributed by atoms with E-state index in [1.807, 2.05) is 0 Å². The highest BCUT2D eigenvalue weighted by atomic mass is 35.5. The zero-order valence-electron chi connectivity index (χ0n) is 20.9. The molecular weight excluding hydrogens is 525 g/mol. The minimum absolute atomic E-state index is 0.0708. The van der Waals surface area contributed by atoms with E-state index in [0.717, 1.165) is 12.8 Å². The van der Waals surface area contributed by atoms with Gasteiger partial charge >= 0.3 is 6.09 Å². The summed E-state index contributed by atoms with van der Waals surface area (Å²) in [5.41, 5.74) is 2.18. The van der Waals surface area contributed by atoms with Crippen LogP contribution in [0.1, 0.15) is 40.4 Å². The van der Waals surface area contributed by atoms with Gasteiger partial charge in [0.2, 0.25) is 5.91 Å². The van der Waals surface area contributed by atoms with E-state index in [9.17, 15) is 18.8 Å². The Kier molecular flexibility index (Phi) is 8.09. The number of anilines is 1. The summed E-state index contributed by atoms with van der Waals surface area (Å²) in [4.78, 5) is 40.3. The summed E-state index contributed by atoms with van der Waals surface area (Å²) in [6, 6.07) is 18.1. The van der Waals surface area contributed by atoms with Gasteiger partial charge < -0.3 is 20.1 Å². The van der Waals surface area contributed by atoms with Crippen LogP contribution in [0.4, 0.5) is 14.9 Å². The number of hydrogen-bond acceptors (Lipinski definition) is 5. The standard InChI is InChI=1S/C29H27ClFN3O5/c30-21-4-1-3-20(15-21)27(35)33-23-12-8-19(9-13-23)26-25(28(36)32-16-24-5-2-14-38-24)34(29(37)39-26)17-18-6-10-22(31)11-7-18/h1,3-4,6-13,15,24-26H,2,5,14,16-17H2,(H,32,36)(H,33,35)/t24-,25+,26-/m0/s1. The molecule has 2 fully saturated rings. The van der Waals surface area contributed by atoms with E-state index in [1.165, 1.54) is 17.0 Å². The van der Waals surface area contributed by atoms with Crippen LogP contribution in [-0.4, -0.2) is 48.1 Å². The van der Waals surface area contributed by atoms with E-state index in [-0.39, 0.29) is 24.5 Å². The number of amides is 3. The van der Waals surface area contributed by atoms with Gasteiger partial charge in [-0.05, 0) is 66.4 Å². The third kappa shape index (κ3) is 6.38. The lowest BCUT2D eigenvalue weighted by Gasteiger charge is -2.25. The molecule has 2 aliphatic rings. The Morgan fingerprint density at radius 1 is 1.05 bits per heavy atom. The Bertz CT molecular complexity index is 1350. The summed E-state index contributed by atoms with van der Waals surface area (Å²) in [5, 5.41) is 6.16. The highest BCUT2D eigenvalue weighted by molar-refractivity contribution is 6.31. The van der Waals surface area contributed by atoms with Crippen molar-refractivity contribution in [3.05, 3.63) is 100 Å². The number of carbonyl (C=O) groups is 3. The van der Waals surface area contributed by atoms with Crippen molar-refractivity contribution < 1.29 is 28.2 Å². The predicted molar refractivity (Wildman–Crippen MR) is 143 cm³/mol. The molecule has 0 aromatic heterocycles. The lowest BCUT2D eigenvalue weighted by atomic mass is 10.00. The minimum Gasteiger partial charge on any atom is -0.438 e. The van der Waals surface area contributed by atoms with Crippen LogP contribution in [0.3, 0.4) is 0 Å². The van der Waals surface area contributed by atoms with Crippen molar-refractivity contribution in [2.24, 2.45) is 0 Å². The third-order valence-corrected chi connectivity index (χ3v) is 6.97. The van der Waals surface area contributed by atoms with Gasteiger partial charge in [0.25, 0.3) is 5.91 Å². The largest absolute Gasteiger partial charge is 0.438 e. The topological polar surface area (TPSA) is 97.0 Å². The van der Waals surface area contributed by atoms with E-state index in [2.05, 4.69) is 10.6 Å². The Hall–Kier alpha value is -3.95. The fourth-order valence-electron chi connectivity index (χ4n) is 4.71. The summed E-state index contributed by atoms with van der Waals surface area (Å²) in [7, 11) is 0. The molecule has 2 heterocycles. The number of halogens is 2. The van der Waals surface area contributed by atoms with Crippen molar-refractivity contribution in [2.45, 2.75) is 37.6 Å². The van der Waals surface area contributed by atoms with Crippen LogP contribution >= 0.6 is 11.6 Å². The average molecular weight is 552 g/mol. The van der Waals surface area contributed by atoms with Gasteiger partial charge in [0.05, 0.1) is 12.6 Å². The highest BCUT2D eigenvalue weighted by Gasteiger charge is 2.47. The predicted octanol–water partition coefficient (Wildman–Crippen LogP) is 5.09. The van der Waals surface area contributed by atoms with Crippen LogP contribution in [0.5, 0.6) is 0 Å². The SMILES string of the molecule is O=C(Nc1ccc([C@@H]2OC(=O)N(Cc3ccc(F)cc3)[C@H]2C(=O)NC[C@@H]2CCCO2)cc1)c1cccc(Cl)c1. The number of nitrogens with one attached hydrogen (secondary N) is 2. The maximum atomic E-state index is 13.4. The summed E-state index contributed by atoms with van der Waals surface area (Å²) < 4.78 is 24.7. The molecule has 0 saturated carbocycles. The maximum Gasteiger partial charge on any atom is 0.411 e. The molecule has 3 aromatic carbocycles. The number of hydrogen-bond donors (Lipinski definition) is 2. The van der Waals surface area contributed by atoms with Crippen LogP contribution in [0.25, 0.3) is 0 Å². The summed E-state index contributed by atoms with van der Waals surface area (Å²) in [6.07, 6.45) is 0.176. The van der Waals surface area contributed by atoms with Gasteiger partial charge in [0.1, 0.15) is 5.82 Å². The molecular formula is C29H27ClFN3O5. The van der Waals surface area contributed by atoms with Crippen molar-refractivity contribution in [2.75, 3.05) is 18.5 Å². The molecule has 0 radical (unpaired) electrons. The number of carbonyl (C=O) groups excluding carboxylic acids is 3. The Morgan fingerprint density at radius 3 is 2.51 bits per heavy atom. The fraction of sp³-hybridized carbons (Fsp3) is 0.276. The molecule has 0 spiro atoms. The summed E-state index contributed by atoms with van der Waals surface area (Å²) in [5.74, 6) is -1.09. The lowest BCUT2D eigenvalue weighted by Crippen LogP contribution is -2.47. The second kappa shape index (κ2) is 11.8. The Labute approximate surface area is 230 Å². The molecule has 2 N–H and O–H groups in total. The molecule has 3 atom stereocenters. The zero-order valence-corrected chi connectivity index (χ0v) is 21.7. The molecule has 0 aliphatic carbocycles. The van der Waals surface area contributed by atoms with Crippen LogP contribution < -0.4 is 10.6 Å². The van der Waals surface area contributed by atoms with E-state index in [0.29, 0.717) is 40.6 Å². The normalized spacial score (nSPS) is 20.5. The fourth-order valence-corrected chi connectivity index (χ4v) is 4.90. The number of rotatable bonds is 8. The number of cyclic esters (lactones) is 1. The molecule has 202 valence electrons. The number of ether oxygens (including phenoxy) is 2. The molecule has 3 aromatic rings. The summed E-state index contributed by atoms with van der Waals surface area (Å²) >= 11 is 5.98. The maximum absolute atomic E-state index is 13.4. The van der Waals surface area contributed by atoms with Crippen LogP contribution in [-0.2, 0) is 20.8 Å². The Balaban J connectivity index is 1.34. The molecule has 8 nitrogen and oxygen atoms in total. The van der Waals surface area contributed by atoms with E-state index in [1.54, 1.807) is 60.7 Å². The smallest absolute Gasteiger partial charge is 0.411 e. The van der Waals surface area contributed by atoms with Gasteiger partial charge in [-0.15, -0.1) is 0 Å². The molecule has 10 heteroatoms. The van der Waals surface area contributed by atoms with Gasteiger partial charge in [0.15, 0.2) is 12.1 Å². The first-order valence-corrected chi connectivity index (χ1v) is 13.0. The van der Waals surface area contributed by atoms with Gasteiger partial charge in [0, 0.05) is 29.4 Å². The molecule has 2 saturated heterocycles. The van der Waals surface area contributed by atoms with Gasteiger partial charge in [-0.25, -0.2) is 9.18 Å². The number of nitrogens with zero attached hydrogens (tertiary/aromatic N) is 1. The van der Waals surface area contributed by atoms with E-state index < -0.39 is 24.1 Å². The molecule has 5 rings (SSSR count). The van der Waals surface area contributed by atoms with Crippen molar-refractivity contribution in [1.82, 2.24) is 10.2 Å². The third-order valence-electron chi connectivity index (χ3n) is 6.73. The highest BCUT2D eigenvalue weighted by Crippen LogP contribution is 2.34. The van der Waals surface area contributed by atoms with Gasteiger partial charge in [-0.1, -0.05) is 41.9 Å². The lowest BCUT2D eigenvalue weighted by molar-refractivity contribution is -0.126. The van der Waals surface area contributed by atoms with Crippen molar-refractivity contribution in [1.29, 1.82) is 0 Å². The van der Waals surface area contributed by atoms with Crippen LogP contribution in [0.15, 0.2) is 72.8 Å². The molecule has 0 unspecified atom stereocenters. The van der Waals surface area contributed by atoms with Gasteiger partial charge in [-0.3, -0.25) is 14.5 Å². The average Bonchev–Trinajstić information content (AvgIpc) is 3.57. The minimum atomic E-state index is -0.962. The quantitative estimate of drug-likeness (QED) is 0.406. The second-order valence-electron chi connectivity index (χ2n) is 9.47. The van der Waals surface area contributed by atoms with Crippen molar-refractivity contribution in [3.63, 3.8) is 0 Å². The van der Waals surface area contributed by atoms with Crippen LogP contribution in [0.2, 0.25) is 5.02 Å². The van der Waals surface area contributed by atoms with Crippen molar-refractivity contribution in [3.8, 4) is 0 Å². The molecule has 3 amide bonds. The molecule has 0 bridgehead atoms. The zero-order chi connectivity index (χ0) is 27.4. The molecule has 2 aliphatic heterocycles.